The van der Waals surface area contributed by atoms with Crippen molar-refractivity contribution in [2.24, 2.45) is 0 Å². The van der Waals surface area contributed by atoms with Crippen LogP contribution in [0.15, 0.2) is 42.7 Å². The van der Waals surface area contributed by atoms with Crippen LogP contribution >= 0.6 is 22.9 Å². The summed E-state index contributed by atoms with van der Waals surface area (Å²) in [5.41, 5.74) is 2.03. The fourth-order valence-electron chi connectivity index (χ4n) is 2.39. The Balaban J connectivity index is 1.61. The maximum absolute atomic E-state index is 6.14. The molecule has 0 unspecified atom stereocenters. The second-order valence-corrected chi connectivity index (χ2v) is 6.73. The molecule has 0 aliphatic carbocycles. The first kappa shape index (κ1) is 17.7. The zero-order chi connectivity index (χ0) is 17.6. The third-order valence-electron chi connectivity index (χ3n) is 3.63. The fourth-order valence-corrected chi connectivity index (χ4v) is 3.58. The van der Waals surface area contributed by atoms with Gasteiger partial charge in [0, 0.05) is 31.0 Å². The zero-order valence-electron chi connectivity index (χ0n) is 14.0. The second-order valence-electron chi connectivity index (χ2n) is 5.25. The van der Waals surface area contributed by atoms with Gasteiger partial charge in [0.25, 0.3) is 0 Å². The molecule has 130 valence electrons. The Labute approximate surface area is 155 Å². The highest BCUT2D eigenvalue weighted by molar-refractivity contribution is 7.15. The summed E-state index contributed by atoms with van der Waals surface area (Å²) in [6, 6.07) is 9.70. The molecule has 3 aromatic rings. The van der Waals surface area contributed by atoms with E-state index in [4.69, 9.17) is 21.1 Å². The van der Waals surface area contributed by atoms with Crippen molar-refractivity contribution in [2.45, 2.75) is 13.1 Å². The molecular weight excluding hydrogens is 358 g/mol. The van der Waals surface area contributed by atoms with E-state index in [0.717, 1.165) is 32.5 Å². The topological polar surface area (TPSA) is 56.3 Å². The van der Waals surface area contributed by atoms with Crippen molar-refractivity contribution in [2.75, 3.05) is 14.2 Å². The normalized spacial score (nSPS) is 10.7. The Bertz CT molecular complexity index is 854. The van der Waals surface area contributed by atoms with Gasteiger partial charge in [-0.3, -0.25) is 0 Å². The summed E-state index contributed by atoms with van der Waals surface area (Å²) >= 11 is 7.74. The van der Waals surface area contributed by atoms with Gasteiger partial charge in [0.05, 0.1) is 19.1 Å². The van der Waals surface area contributed by atoms with Gasteiger partial charge in [0.2, 0.25) is 0 Å². The van der Waals surface area contributed by atoms with Crippen LogP contribution in [0.25, 0.3) is 10.4 Å². The van der Waals surface area contributed by atoms with Gasteiger partial charge >= 0.3 is 0 Å². The minimum atomic E-state index is 0.496. The Morgan fingerprint density at radius 2 is 1.92 bits per heavy atom. The average Bonchev–Trinajstić information content (AvgIpc) is 3.10. The summed E-state index contributed by atoms with van der Waals surface area (Å²) in [6.45, 7) is 1.39. The molecule has 0 saturated heterocycles. The molecule has 0 amide bonds. The lowest BCUT2D eigenvalue weighted by atomic mass is 10.2. The van der Waals surface area contributed by atoms with Crippen LogP contribution in [-0.4, -0.2) is 24.2 Å². The van der Waals surface area contributed by atoms with Crippen molar-refractivity contribution in [3.8, 4) is 21.9 Å². The van der Waals surface area contributed by atoms with Gasteiger partial charge in [-0.2, -0.15) is 0 Å². The number of aromatic nitrogens is 2. The summed E-state index contributed by atoms with van der Waals surface area (Å²) in [5.74, 6) is 1.45. The zero-order valence-corrected chi connectivity index (χ0v) is 15.5. The lowest BCUT2D eigenvalue weighted by Gasteiger charge is -2.09. The van der Waals surface area contributed by atoms with Crippen molar-refractivity contribution in [3.63, 3.8) is 0 Å². The molecular formula is C18H18ClN3O2S. The molecule has 2 heterocycles. The van der Waals surface area contributed by atoms with E-state index in [9.17, 15) is 0 Å². The molecule has 5 nitrogen and oxygen atoms in total. The van der Waals surface area contributed by atoms with Crippen LogP contribution in [0.3, 0.4) is 0 Å². The Morgan fingerprint density at radius 3 is 2.68 bits per heavy atom. The monoisotopic (exact) mass is 375 g/mol. The molecule has 7 heteroatoms. The van der Waals surface area contributed by atoms with E-state index in [0.29, 0.717) is 18.2 Å². The standard InChI is InChI=1S/C18H18ClN3O2S/c1-23-14-6-5-12(8-15(14)24-2)9-20-11-17-22-10-16(25-17)13-4-3-7-21-18(13)19/h3-8,10,20H,9,11H2,1-2H3. The molecule has 25 heavy (non-hydrogen) atoms. The van der Waals surface area contributed by atoms with Gasteiger partial charge in [-0.25, -0.2) is 9.97 Å². The van der Waals surface area contributed by atoms with E-state index in [1.807, 2.05) is 36.5 Å². The molecule has 0 spiro atoms. The number of thiazole rings is 1. The lowest BCUT2D eigenvalue weighted by Crippen LogP contribution is -2.12. The van der Waals surface area contributed by atoms with E-state index in [1.54, 1.807) is 31.8 Å². The maximum atomic E-state index is 6.14. The van der Waals surface area contributed by atoms with Crippen LogP contribution in [0.2, 0.25) is 5.15 Å². The van der Waals surface area contributed by atoms with Gasteiger partial charge < -0.3 is 14.8 Å². The molecule has 0 saturated carbocycles. The first-order chi connectivity index (χ1) is 12.2. The quantitative estimate of drug-likeness (QED) is 0.628. The van der Waals surface area contributed by atoms with E-state index in [2.05, 4.69) is 15.3 Å². The first-order valence-electron chi connectivity index (χ1n) is 7.68. The summed E-state index contributed by atoms with van der Waals surface area (Å²) in [4.78, 5) is 9.57. The number of nitrogens with zero attached hydrogens (tertiary/aromatic N) is 2. The van der Waals surface area contributed by atoms with Crippen molar-refractivity contribution < 1.29 is 9.47 Å². The molecule has 3 rings (SSSR count). The number of hydrogen-bond donors (Lipinski definition) is 1. The summed E-state index contributed by atoms with van der Waals surface area (Å²) < 4.78 is 10.6. The third-order valence-corrected chi connectivity index (χ3v) is 4.96. The summed E-state index contributed by atoms with van der Waals surface area (Å²) in [5, 5.41) is 4.88. The number of methoxy groups -OCH3 is 2. The minimum absolute atomic E-state index is 0.496. The van der Waals surface area contributed by atoms with Gasteiger partial charge in [-0.05, 0) is 29.8 Å². The van der Waals surface area contributed by atoms with Gasteiger partial charge in [0.1, 0.15) is 10.2 Å². The van der Waals surface area contributed by atoms with Crippen molar-refractivity contribution in [3.05, 3.63) is 58.4 Å². The fraction of sp³-hybridized carbons (Fsp3) is 0.222. The number of hydrogen-bond acceptors (Lipinski definition) is 6. The van der Waals surface area contributed by atoms with Crippen molar-refractivity contribution in [1.82, 2.24) is 15.3 Å². The summed E-state index contributed by atoms with van der Waals surface area (Å²) in [7, 11) is 3.26. The molecule has 0 fully saturated rings. The summed E-state index contributed by atoms with van der Waals surface area (Å²) in [6.07, 6.45) is 3.51. The van der Waals surface area contributed by atoms with Crippen molar-refractivity contribution in [1.29, 1.82) is 0 Å². The third kappa shape index (κ3) is 4.28. The first-order valence-corrected chi connectivity index (χ1v) is 8.88. The van der Waals surface area contributed by atoms with E-state index >= 15 is 0 Å². The van der Waals surface area contributed by atoms with Crippen LogP contribution in [0.1, 0.15) is 10.6 Å². The van der Waals surface area contributed by atoms with E-state index in [1.165, 1.54) is 0 Å². The maximum Gasteiger partial charge on any atom is 0.161 e. The number of pyridine rings is 1. The average molecular weight is 376 g/mol. The number of rotatable bonds is 7. The van der Waals surface area contributed by atoms with Crippen LogP contribution in [-0.2, 0) is 13.1 Å². The van der Waals surface area contributed by atoms with Gasteiger partial charge in [-0.15, -0.1) is 11.3 Å². The Kier molecular flexibility index (Phi) is 5.86. The predicted octanol–water partition coefficient (Wildman–Crippen LogP) is 4.17. The molecule has 2 aromatic heterocycles. The molecule has 0 radical (unpaired) electrons. The SMILES string of the molecule is COc1ccc(CNCc2ncc(-c3cccnc3Cl)s2)cc1OC. The van der Waals surface area contributed by atoms with Gasteiger partial charge in [0.15, 0.2) is 11.5 Å². The predicted molar refractivity (Wildman–Crippen MR) is 100 cm³/mol. The largest absolute Gasteiger partial charge is 0.493 e. The number of benzene rings is 1. The van der Waals surface area contributed by atoms with Crippen LogP contribution < -0.4 is 14.8 Å². The van der Waals surface area contributed by atoms with Gasteiger partial charge in [-0.1, -0.05) is 17.7 Å². The molecule has 1 aromatic carbocycles. The highest BCUT2D eigenvalue weighted by Crippen LogP contribution is 2.30. The van der Waals surface area contributed by atoms with E-state index < -0.39 is 0 Å². The minimum Gasteiger partial charge on any atom is -0.493 e. The van der Waals surface area contributed by atoms with Crippen LogP contribution in [0.5, 0.6) is 11.5 Å². The highest BCUT2D eigenvalue weighted by Gasteiger charge is 2.09. The smallest absolute Gasteiger partial charge is 0.161 e. The molecule has 0 atom stereocenters. The number of nitrogens with one attached hydrogen (secondary N) is 1. The lowest BCUT2D eigenvalue weighted by molar-refractivity contribution is 0.354. The molecule has 1 N–H and O–H groups in total. The Hall–Kier alpha value is -2.15. The second kappa shape index (κ2) is 8.29. The number of ether oxygens (including phenoxy) is 2. The highest BCUT2D eigenvalue weighted by atomic mass is 35.5. The molecule has 0 bridgehead atoms. The Morgan fingerprint density at radius 1 is 1.08 bits per heavy atom. The van der Waals surface area contributed by atoms with E-state index in [-0.39, 0.29) is 0 Å². The van der Waals surface area contributed by atoms with Crippen LogP contribution in [0, 0.1) is 0 Å². The molecule has 0 aliphatic heterocycles. The van der Waals surface area contributed by atoms with Crippen molar-refractivity contribution >= 4 is 22.9 Å². The van der Waals surface area contributed by atoms with Crippen LogP contribution in [0.4, 0.5) is 0 Å². The number of halogens is 1. The molecule has 0 aliphatic rings.